The monoisotopic (exact) mass is 313 g/mol. The topological polar surface area (TPSA) is 60.2 Å². The Morgan fingerprint density at radius 2 is 2.30 bits per heavy atom. The van der Waals surface area contributed by atoms with Gasteiger partial charge in [0.05, 0.1) is 22.3 Å². The van der Waals surface area contributed by atoms with Crippen molar-refractivity contribution in [2.75, 3.05) is 18.1 Å². The van der Waals surface area contributed by atoms with Crippen LogP contribution < -0.4 is 11.3 Å². The zero-order chi connectivity index (χ0) is 14.0. The molecular formula is C14H23N3OS2. The van der Waals surface area contributed by atoms with E-state index in [4.69, 9.17) is 10.6 Å². The number of thioether (sulfide) groups is 1. The Morgan fingerprint density at radius 3 is 2.95 bits per heavy atom. The van der Waals surface area contributed by atoms with Crippen LogP contribution in [0.5, 0.6) is 0 Å². The van der Waals surface area contributed by atoms with E-state index in [1.54, 1.807) is 11.3 Å². The maximum atomic E-state index is 6.17. The van der Waals surface area contributed by atoms with Gasteiger partial charge in [-0.2, -0.15) is 11.8 Å². The van der Waals surface area contributed by atoms with E-state index in [-0.39, 0.29) is 11.6 Å². The van der Waals surface area contributed by atoms with Crippen molar-refractivity contribution in [3.63, 3.8) is 0 Å². The predicted molar refractivity (Wildman–Crippen MR) is 84.9 cm³/mol. The van der Waals surface area contributed by atoms with Crippen LogP contribution in [0.2, 0.25) is 0 Å². The highest BCUT2D eigenvalue weighted by Gasteiger charge is 2.41. The molecule has 2 aliphatic heterocycles. The first-order chi connectivity index (χ1) is 9.72. The molecule has 0 bridgehead atoms. The molecule has 2 fully saturated rings. The summed E-state index contributed by atoms with van der Waals surface area (Å²) in [6.07, 6.45) is 4.54. The van der Waals surface area contributed by atoms with Crippen molar-refractivity contribution in [2.45, 2.75) is 44.2 Å². The third kappa shape index (κ3) is 3.04. The van der Waals surface area contributed by atoms with Crippen molar-refractivity contribution >= 4 is 23.1 Å². The molecule has 4 nitrogen and oxygen atoms in total. The Kier molecular flexibility index (Phi) is 4.67. The second kappa shape index (κ2) is 6.32. The lowest BCUT2D eigenvalue weighted by Crippen LogP contribution is -2.46. The third-order valence-corrected chi connectivity index (χ3v) is 6.32. The van der Waals surface area contributed by atoms with Crippen LogP contribution in [-0.2, 0) is 4.74 Å². The molecule has 0 amide bonds. The van der Waals surface area contributed by atoms with Crippen molar-refractivity contribution in [2.24, 2.45) is 11.8 Å². The number of hydrogen-bond donors (Lipinski definition) is 2. The van der Waals surface area contributed by atoms with Crippen molar-refractivity contribution in [1.29, 1.82) is 0 Å². The lowest BCUT2D eigenvalue weighted by molar-refractivity contribution is -0.107. The number of rotatable bonds is 3. The first kappa shape index (κ1) is 14.8. The minimum Gasteiger partial charge on any atom is -0.375 e. The van der Waals surface area contributed by atoms with E-state index in [0.29, 0.717) is 5.92 Å². The van der Waals surface area contributed by atoms with Gasteiger partial charge < -0.3 is 4.74 Å². The number of aromatic nitrogens is 1. The van der Waals surface area contributed by atoms with Crippen molar-refractivity contribution in [3.05, 3.63) is 16.1 Å². The molecule has 0 aromatic carbocycles. The summed E-state index contributed by atoms with van der Waals surface area (Å²) in [5, 5.41) is 3.25. The molecule has 3 heterocycles. The van der Waals surface area contributed by atoms with Gasteiger partial charge in [0.2, 0.25) is 0 Å². The number of thiazole rings is 1. The van der Waals surface area contributed by atoms with E-state index in [1.165, 1.54) is 24.3 Å². The van der Waals surface area contributed by atoms with E-state index < -0.39 is 0 Å². The zero-order valence-corrected chi connectivity index (χ0v) is 13.6. The highest BCUT2D eigenvalue weighted by atomic mass is 32.2. The van der Waals surface area contributed by atoms with Crippen LogP contribution in [0.25, 0.3) is 0 Å². The summed E-state index contributed by atoms with van der Waals surface area (Å²) >= 11 is 3.74. The summed E-state index contributed by atoms with van der Waals surface area (Å²) in [4.78, 5) is 4.62. The summed E-state index contributed by atoms with van der Waals surface area (Å²) in [7, 11) is 0. The smallest absolute Gasteiger partial charge is 0.0898 e. The molecule has 3 rings (SSSR count). The Labute approximate surface area is 128 Å². The lowest BCUT2D eigenvalue weighted by Gasteiger charge is -2.45. The fourth-order valence-electron chi connectivity index (χ4n) is 3.43. The highest BCUT2D eigenvalue weighted by Crippen LogP contribution is 2.43. The SMILES string of the molecule is Cc1nc(C(NN)C2CCOC3(CCSCC3)C2)cs1. The molecule has 1 aromatic rings. The van der Waals surface area contributed by atoms with Crippen LogP contribution in [0.4, 0.5) is 0 Å². The molecule has 1 spiro atoms. The molecule has 2 atom stereocenters. The molecular weight excluding hydrogens is 290 g/mol. The summed E-state index contributed by atoms with van der Waals surface area (Å²) < 4.78 is 6.17. The van der Waals surface area contributed by atoms with Gasteiger partial charge in [0.25, 0.3) is 0 Å². The van der Waals surface area contributed by atoms with Gasteiger partial charge in [0.15, 0.2) is 0 Å². The van der Waals surface area contributed by atoms with Crippen LogP contribution in [0, 0.1) is 12.8 Å². The van der Waals surface area contributed by atoms with Crippen molar-refractivity contribution in [1.82, 2.24) is 10.4 Å². The van der Waals surface area contributed by atoms with Gasteiger partial charge in [0.1, 0.15) is 0 Å². The van der Waals surface area contributed by atoms with Gasteiger partial charge in [-0.15, -0.1) is 11.3 Å². The van der Waals surface area contributed by atoms with E-state index in [2.05, 4.69) is 15.8 Å². The minimum absolute atomic E-state index is 0.105. The van der Waals surface area contributed by atoms with Gasteiger partial charge in [-0.3, -0.25) is 11.3 Å². The van der Waals surface area contributed by atoms with Gasteiger partial charge in [-0.25, -0.2) is 4.98 Å². The number of nitrogens with zero attached hydrogens (tertiary/aromatic N) is 1. The van der Waals surface area contributed by atoms with E-state index >= 15 is 0 Å². The second-order valence-corrected chi connectivity index (χ2v) is 8.12. The molecule has 2 saturated heterocycles. The van der Waals surface area contributed by atoms with Gasteiger partial charge >= 0.3 is 0 Å². The Morgan fingerprint density at radius 1 is 1.50 bits per heavy atom. The summed E-state index contributed by atoms with van der Waals surface area (Å²) in [5.41, 5.74) is 4.21. The number of hydrazine groups is 1. The number of aryl methyl sites for hydroxylation is 1. The van der Waals surface area contributed by atoms with E-state index in [1.807, 2.05) is 18.7 Å². The first-order valence-electron chi connectivity index (χ1n) is 7.32. The Hall–Kier alpha value is -0.140. The highest BCUT2D eigenvalue weighted by molar-refractivity contribution is 7.99. The molecule has 112 valence electrons. The predicted octanol–water partition coefficient (Wildman–Crippen LogP) is 2.65. The molecule has 20 heavy (non-hydrogen) atoms. The van der Waals surface area contributed by atoms with Crippen LogP contribution in [0.3, 0.4) is 0 Å². The second-order valence-electron chi connectivity index (χ2n) is 5.83. The van der Waals surface area contributed by atoms with Crippen LogP contribution in [0.15, 0.2) is 5.38 Å². The van der Waals surface area contributed by atoms with E-state index in [0.717, 1.165) is 30.2 Å². The first-order valence-corrected chi connectivity index (χ1v) is 9.36. The fourth-order valence-corrected chi connectivity index (χ4v) is 5.31. The van der Waals surface area contributed by atoms with Gasteiger partial charge in [0, 0.05) is 12.0 Å². The van der Waals surface area contributed by atoms with Crippen LogP contribution in [0.1, 0.15) is 42.4 Å². The fraction of sp³-hybridized carbons (Fsp3) is 0.786. The maximum absolute atomic E-state index is 6.17. The number of hydrogen-bond acceptors (Lipinski definition) is 6. The zero-order valence-electron chi connectivity index (χ0n) is 11.9. The molecule has 6 heteroatoms. The Bertz CT molecular complexity index is 440. The summed E-state index contributed by atoms with van der Waals surface area (Å²) in [5.74, 6) is 8.81. The molecule has 0 radical (unpaired) electrons. The van der Waals surface area contributed by atoms with E-state index in [9.17, 15) is 0 Å². The molecule has 2 unspecified atom stereocenters. The quantitative estimate of drug-likeness (QED) is 0.663. The lowest BCUT2D eigenvalue weighted by atomic mass is 9.78. The van der Waals surface area contributed by atoms with Crippen LogP contribution in [-0.4, -0.2) is 28.7 Å². The van der Waals surface area contributed by atoms with Crippen LogP contribution >= 0.6 is 23.1 Å². The summed E-state index contributed by atoms with van der Waals surface area (Å²) in [6.45, 7) is 2.90. The number of ether oxygens (including phenoxy) is 1. The Balaban J connectivity index is 1.74. The molecule has 3 N–H and O–H groups in total. The largest absolute Gasteiger partial charge is 0.375 e. The standard InChI is InChI=1S/C14H23N3OS2/c1-10-16-12(9-20-10)13(17-15)11-2-5-18-14(8-11)3-6-19-7-4-14/h9,11,13,17H,2-8,15H2,1H3. The number of nitrogens with two attached hydrogens (primary N) is 1. The van der Waals surface area contributed by atoms with Gasteiger partial charge in [-0.1, -0.05) is 0 Å². The molecule has 0 aliphatic carbocycles. The average molecular weight is 313 g/mol. The van der Waals surface area contributed by atoms with Crippen molar-refractivity contribution in [3.8, 4) is 0 Å². The normalized spacial score (nSPS) is 27.6. The maximum Gasteiger partial charge on any atom is 0.0898 e. The third-order valence-electron chi connectivity index (χ3n) is 4.54. The molecule has 2 aliphatic rings. The van der Waals surface area contributed by atoms with Gasteiger partial charge in [-0.05, 0) is 50.0 Å². The summed E-state index contributed by atoms with van der Waals surface area (Å²) in [6, 6.07) is 0.162. The average Bonchev–Trinajstić information content (AvgIpc) is 2.87. The molecule has 1 aromatic heterocycles. The molecule has 0 saturated carbocycles. The minimum atomic E-state index is 0.105. The number of nitrogens with one attached hydrogen (secondary N) is 1. The van der Waals surface area contributed by atoms with Crippen molar-refractivity contribution < 1.29 is 4.74 Å².